The van der Waals surface area contributed by atoms with E-state index in [9.17, 15) is 9.59 Å². The Kier molecular flexibility index (Phi) is 1.58. The van der Waals surface area contributed by atoms with Crippen LogP contribution >= 0.6 is 0 Å². The Hall–Kier alpha value is -1.12. The predicted octanol–water partition coefficient (Wildman–Crippen LogP) is 1.25. The van der Waals surface area contributed by atoms with Gasteiger partial charge in [-0.3, -0.25) is 9.59 Å². The molecule has 0 radical (unpaired) electrons. The van der Waals surface area contributed by atoms with Gasteiger partial charge in [-0.25, -0.2) is 0 Å². The highest BCUT2D eigenvalue weighted by molar-refractivity contribution is 5.89. The van der Waals surface area contributed by atoms with E-state index in [2.05, 4.69) is 0 Å². The second-order valence-electron chi connectivity index (χ2n) is 4.46. The Balaban J connectivity index is 2.08. The van der Waals surface area contributed by atoms with Gasteiger partial charge in [0.15, 0.2) is 0 Å². The van der Waals surface area contributed by atoms with Gasteiger partial charge in [0.2, 0.25) is 5.91 Å². The van der Waals surface area contributed by atoms with Crippen molar-refractivity contribution in [3.8, 4) is 0 Å². The van der Waals surface area contributed by atoms with Crippen LogP contribution in [0.3, 0.4) is 0 Å². The minimum absolute atomic E-state index is 0.233. The number of ketones is 1. The van der Waals surface area contributed by atoms with Crippen LogP contribution in [0.1, 0.15) is 32.1 Å². The lowest BCUT2D eigenvalue weighted by molar-refractivity contribution is -0.127. The minimum Gasteiger partial charge on any atom is -0.316 e. The molecule has 2 heterocycles. The summed E-state index contributed by atoms with van der Waals surface area (Å²) in [7, 11) is 0. The van der Waals surface area contributed by atoms with Crippen LogP contribution in [0.25, 0.3) is 0 Å². The van der Waals surface area contributed by atoms with Gasteiger partial charge in [-0.1, -0.05) is 0 Å². The van der Waals surface area contributed by atoms with Crippen molar-refractivity contribution in [2.24, 2.45) is 5.92 Å². The molecule has 3 rings (SSSR count). The van der Waals surface area contributed by atoms with Gasteiger partial charge >= 0.3 is 0 Å². The summed E-state index contributed by atoms with van der Waals surface area (Å²) < 4.78 is 0. The fraction of sp³-hybridized carbons (Fsp3) is 0.636. The van der Waals surface area contributed by atoms with Crippen molar-refractivity contribution in [1.82, 2.24) is 4.90 Å². The van der Waals surface area contributed by atoms with Crippen molar-refractivity contribution in [2.75, 3.05) is 6.54 Å². The Labute approximate surface area is 82.8 Å². The van der Waals surface area contributed by atoms with Crippen molar-refractivity contribution in [2.45, 2.75) is 32.1 Å². The Bertz CT molecular complexity index is 356. The van der Waals surface area contributed by atoms with Crippen LogP contribution in [0.4, 0.5) is 0 Å². The topological polar surface area (TPSA) is 37.4 Å². The van der Waals surface area contributed by atoms with E-state index in [4.69, 9.17) is 0 Å². The average Bonchev–Trinajstić information content (AvgIpc) is 2.45. The number of carbonyl (C=O) groups excluding carboxylic acids is 2. The van der Waals surface area contributed by atoms with Gasteiger partial charge in [-0.15, -0.1) is 0 Å². The third kappa shape index (κ3) is 0.982. The molecule has 1 aliphatic carbocycles. The van der Waals surface area contributed by atoms with Crippen molar-refractivity contribution < 1.29 is 9.59 Å². The fourth-order valence-corrected chi connectivity index (χ4v) is 3.01. The molecule has 1 saturated heterocycles. The average molecular weight is 191 g/mol. The van der Waals surface area contributed by atoms with Crippen molar-refractivity contribution in [1.29, 1.82) is 0 Å². The van der Waals surface area contributed by atoms with Crippen molar-refractivity contribution in [3.63, 3.8) is 0 Å². The van der Waals surface area contributed by atoms with E-state index < -0.39 is 0 Å². The molecular weight excluding hydrogens is 178 g/mol. The van der Waals surface area contributed by atoms with Gasteiger partial charge in [0, 0.05) is 37.4 Å². The second-order valence-corrected chi connectivity index (χ2v) is 4.46. The standard InChI is InChI=1S/C11H13NO2/c13-9-4-7-2-1-3-12-10(14)6-8(5-9)11(7)12/h8H,1-6H2. The summed E-state index contributed by atoms with van der Waals surface area (Å²) in [5.74, 6) is 0.793. The summed E-state index contributed by atoms with van der Waals surface area (Å²) in [6.45, 7) is 0.877. The van der Waals surface area contributed by atoms with Crippen LogP contribution in [0.2, 0.25) is 0 Å². The highest BCUT2D eigenvalue weighted by atomic mass is 16.2. The molecule has 1 atom stereocenters. The quantitative estimate of drug-likeness (QED) is 0.577. The normalized spacial score (nSPS) is 31.1. The molecule has 1 fully saturated rings. The molecule has 0 aromatic carbocycles. The summed E-state index contributed by atoms with van der Waals surface area (Å²) in [4.78, 5) is 25.0. The zero-order chi connectivity index (χ0) is 9.71. The summed E-state index contributed by atoms with van der Waals surface area (Å²) in [6.07, 6.45) is 3.84. The molecule has 3 heteroatoms. The lowest BCUT2D eigenvalue weighted by Gasteiger charge is -2.31. The van der Waals surface area contributed by atoms with Crippen molar-refractivity contribution in [3.05, 3.63) is 11.3 Å². The van der Waals surface area contributed by atoms with Gasteiger partial charge in [0.1, 0.15) is 5.78 Å². The molecule has 0 N–H and O–H groups in total. The number of hydrogen-bond acceptors (Lipinski definition) is 2. The van der Waals surface area contributed by atoms with Crippen molar-refractivity contribution >= 4 is 11.7 Å². The molecule has 3 nitrogen and oxygen atoms in total. The first kappa shape index (κ1) is 8.21. The number of allylic oxidation sites excluding steroid dienone is 2. The number of nitrogens with zero attached hydrogens (tertiary/aromatic N) is 1. The maximum atomic E-state index is 11.6. The third-order valence-corrected chi connectivity index (χ3v) is 3.51. The minimum atomic E-state index is 0.233. The van der Waals surface area contributed by atoms with Gasteiger partial charge in [-0.2, -0.15) is 0 Å². The molecule has 0 aromatic heterocycles. The second kappa shape index (κ2) is 2.69. The molecule has 74 valence electrons. The number of hydrogen-bond donors (Lipinski definition) is 0. The number of amides is 1. The molecular formula is C11H13NO2. The lowest BCUT2D eigenvalue weighted by Crippen LogP contribution is -2.31. The molecule has 3 aliphatic rings. The predicted molar refractivity (Wildman–Crippen MR) is 50.3 cm³/mol. The zero-order valence-electron chi connectivity index (χ0n) is 8.08. The van der Waals surface area contributed by atoms with E-state index in [-0.39, 0.29) is 11.8 Å². The Morgan fingerprint density at radius 2 is 2.07 bits per heavy atom. The van der Waals surface area contributed by atoms with E-state index >= 15 is 0 Å². The van der Waals surface area contributed by atoms with Crippen LogP contribution in [0, 0.1) is 5.92 Å². The SMILES string of the molecule is O=C1CC2=C3C(C1)CC(=O)N3CCC2. The van der Waals surface area contributed by atoms with Crippen LogP contribution in [-0.2, 0) is 9.59 Å². The smallest absolute Gasteiger partial charge is 0.227 e. The number of rotatable bonds is 0. The summed E-state index contributed by atoms with van der Waals surface area (Å²) >= 11 is 0. The van der Waals surface area contributed by atoms with E-state index in [0.29, 0.717) is 25.0 Å². The van der Waals surface area contributed by atoms with Gasteiger partial charge in [0.05, 0.1) is 0 Å². The zero-order valence-corrected chi connectivity index (χ0v) is 8.08. The van der Waals surface area contributed by atoms with Gasteiger partial charge in [-0.05, 0) is 18.4 Å². The number of carbonyl (C=O) groups is 2. The highest BCUT2D eigenvalue weighted by Gasteiger charge is 2.41. The maximum Gasteiger partial charge on any atom is 0.227 e. The fourth-order valence-electron chi connectivity index (χ4n) is 3.01. The molecule has 0 aromatic rings. The van der Waals surface area contributed by atoms with E-state index in [0.717, 1.165) is 19.4 Å². The largest absolute Gasteiger partial charge is 0.316 e. The monoisotopic (exact) mass is 191 g/mol. The molecule has 0 saturated carbocycles. The Morgan fingerprint density at radius 1 is 1.21 bits per heavy atom. The van der Waals surface area contributed by atoms with E-state index in [1.807, 2.05) is 4.90 Å². The van der Waals surface area contributed by atoms with Crippen LogP contribution in [0.5, 0.6) is 0 Å². The molecule has 1 unspecified atom stereocenters. The van der Waals surface area contributed by atoms with Gasteiger partial charge < -0.3 is 4.90 Å². The first-order valence-electron chi connectivity index (χ1n) is 5.29. The van der Waals surface area contributed by atoms with Gasteiger partial charge in [0.25, 0.3) is 0 Å². The van der Waals surface area contributed by atoms with Crippen LogP contribution in [-0.4, -0.2) is 23.1 Å². The molecule has 1 amide bonds. The molecule has 14 heavy (non-hydrogen) atoms. The summed E-state index contributed by atoms with van der Waals surface area (Å²) in [5, 5.41) is 0. The first-order chi connectivity index (χ1) is 6.75. The molecule has 2 aliphatic heterocycles. The first-order valence-corrected chi connectivity index (χ1v) is 5.29. The Morgan fingerprint density at radius 3 is 2.93 bits per heavy atom. The lowest BCUT2D eigenvalue weighted by atomic mass is 9.83. The van der Waals surface area contributed by atoms with E-state index in [1.165, 1.54) is 11.3 Å². The molecule has 0 spiro atoms. The van der Waals surface area contributed by atoms with E-state index in [1.54, 1.807) is 0 Å². The highest BCUT2D eigenvalue weighted by Crippen LogP contribution is 2.42. The summed E-state index contributed by atoms with van der Waals surface area (Å²) in [5.41, 5.74) is 2.48. The van der Waals surface area contributed by atoms with Crippen LogP contribution in [0.15, 0.2) is 11.3 Å². The molecule has 0 bridgehead atoms. The van der Waals surface area contributed by atoms with Crippen LogP contribution < -0.4 is 0 Å². The third-order valence-electron chi connectivity index (χ3n) is 3.51. The number of Topliss-reactive ketones (excluding diaryl/α,β-unsaturated/α-hetero) is 1. The maximum absolute atomic E-state index is 11.6. The summed E-state index contributed by atoms with van der Waals surface area (Å²) in [6, 6.07) is 0.